The number of aliphatic imine (C=N–C) groups is 1. The number of hydrogen-bond donors (Lipinski definition) is 2. The summed E-state index contributed by atoms with van der Waals surface area (Å²) in [7, 11) is 1.71. The van der Waals surface area contributed by atoms with Crippen LogP contribution in [0, 0.1) is 0 Å². The lowest BCUT2D eigenvalue weighted by Crippen LogP contribution is -2.40. The van der Waals surface area contributed by atoms with E-state index in [2.05, 4.69) is 55.9 Å². The molecule has 0 aliphatic heterocycles. The maximum absolute atomic E-state index is 5.45. The smallest absolute Gasteiger partial charge is 0.191 e. The first-order valence-electron chi connectivity index (χ1n) is 10.3. The van der Waals surface area contributed by atoms with E-state index in [0.717, 1.165) is 63.0 Å². The standard InChI is InChI=1S/C22H30N6OS/c1-3-21-27-26-17-28(21)15-14-25-22(24-13-11-19-8-6-16-30-19)23-12-10-18-7-4-5-9-20(18)29-2/h4-9,16-17H,3,10-15H2,1-2H3,(H2,23,24,25). The van der Waals surface area contributed by atoms with Crippen molar-refractivity contribution in [3.8, 4) is 5.75 Å². The number of nitrogens with one attached hydrogen (secondary N) is 2. The molecule has 0 unspecified atom stereocenters. The summed E-state index contributed by atoms with van der Waals surface area (Å²) in [6.45, 7) is 5.17. The molecule has 3 rings (SSSR count). The molecule has 7 nitrogen and oxygen atoms in total. The lowest BCUT2D eigenvalue weighted by Gasteiger charge is -2.14. The third-order valence-corrected chi connectivity index (χ3v) is 5.68. The molecule has 0 radical (unpaired) electrons. The van der Waals surface area contributed by atoms with Crippen LogP contribution in [0.2, 0.25) is 0 Å². The molecular weight excluding hydrogens is 396 g/mol. The number of aromatic nitrogens is 3. The predicted octanol–water partition coefficient (Wildman–Crippen LogP) is 2.93. The summed E-state index contributed by atoms with van der Waals surface area (Å²) in [4.78, 5) is 6.11. The van der Waals surface area contributed by atoms with Gasteiger partial charge in [0, 0.05) is 43.9 Å². The van der Waals surface area contributed by atoms with Gasteiger partial charge in [-0.3, -0.25) is 4.99 Å². The minimum absolute atomic E-state index is 0.747. The first kappa shape index (κ1) is 21.8. The molecule has 0 bridgehead atoms. The molecule has 0 aliphatic carbocycles. The van der Waals surface area contributed by atoms with Crippen LogP contribution < -0.4 is 15.4 Å². The topological polar surface area (TPSA) is 76.4 Å². The number of para-hydroxylation sites is 1. The van der Waals surface area contributed by atoms with Gasteiger partial charge in [-0.2, -0.15) is 0 Å². The zero-order valence-electron chi connectivity index (χ0n) is 17.7. The number of ether oxygens (including phenoxy) is 1. The zero-order valence-corrected chi connectivity index (χ0v) is 18.5. The highest BCUT2D eigenvalue weighted by Crippen LogP contribution is 2.17. The van der Waals surface area contributed by atoms with E-state index >= 15 is 0 Å². The molecule has 0 amide bonds. The molecule has 1 aromatic carbocycles. The van der Waals surface area contributed by atoms with Crippen molar-refractivity contribution in [2.75, 3.05) is 26.7 Å². The summed E-state index contributed by atoms with van der Waals surface area (Å²) in [6, 6.07) is 12.4. The molecule has 2 heterocycles. The molecule has 160 valence electrons. The van der Waals surface area contributed by atoms with E-state index in [-0.39, 0.29) is 0 Å². The number of nitrogens with zero attached hydrogens (tertiary/aromatic N) is 4. The van der Waals surface area contributed by atoms with Crippen molar-refractivity contribution < 1.29 is 4.74 Å². The van der Waals surface area contributed by atoms with Crippen molar-refractivity contribution in [3.63, 3.8) is 0 Å². The molecule has 0 aliphatic rings. The fourth-order valence-electron chi connectivity index (χ4n) is 3.17. The predicted molar refractivity (Wildman–Crippen MR) is 122 cm³/mol. The van der Waals surface area contributed by atoms with E-state index in [1.807, 2.05) is 18.2 Å². The van der Waals surface area contributed by atoms with Crippen LogP contribution in [0.5, 0.6) is 5.75 Å². The van der Waals surface area contributed by atoms with E-state index in [1.54, 1.807) is 24.8 Å². The molecule has 8 heteroatoms. The van der Waals surface area contributed by atoms with Gasteiger partial charge >= 0.3 is 0 Å². The van der Waals surface area contributed by atoms with Crippen LogP contribution in [0.15, 0.2) is 53.1 Å². The Hall–Kier alpha value is -2.87. The van der Waals surface area contributed by atoms with Crippen molar-refractivity contribution in [1.29, 1.82) is 0 Å². The van der Waals surface area contributed by atoms with Crippen LogP contribution in [0.4, 0.5) is 0 Å². The fourth-order valence-corrected chi connectivity index (χ4v) is 3.86. The summed E-state index contributed by atoms with van der Waals surface area (Å²) in [5.41, 5.74) is 1.18. The number of aryl methyl sites for hydroxylation is 1. The second kappa shape index (κ2) is 12.0. The molecule has 2 N–H and O–H groups in total. The summed E-state index contributed by atoms with van der Waals surface area (Å²) in [5, 5.41) is 17.1. The molecule has 0 saturated carbocycles. The number of rotatable bonds is 11. The number of benzene rings is 1. The van der Waals surface area contributed by atoms with Gasteiger partial charge in [-0.15, -0.1) is 21.5 Å². The van der Waals surface area contributed by atoms with Crippen LogP contribution in [0.1, 0.15) is 23.2 Å². The monoisotopic (exact) mass is 426 g/mol. The molecular formula is C22H30N6OS. The SMILES string of the molecule is CCc1nncn1CCNC(=NCCc1cccs1)NCCc1ccccc1OC. The summed E-state index contributed by atoms with van der Waals surface area (Å²) in [6.07, 6.45) is 4.46. The van der Waals surface area contributed by atoms with Crippen molar-refractivity contribution in [3.05, 3.63) is 64.4 Å². The second-order valence-electron chi connectivity index (χ2n) is 6.77. The van der Waals surface area contributed by atoms with Crippen molar-refractivity contribution in [2.24, 2.45) is 4.99 Å². The van der Waals surface area contributed by atoms with Crippen molar-refractivity contribution >= 4 is 17.3 Å². The van der Waals surface area contributed by atoms with Crippen LogP contribution in [0.3, 0.4) is 0 Å². The molecule has 3 aromatic rings. The molecule has 0 spiro atoms. The lowest BCUT2D eigenvalue weighted by molar-refractivity contribution is 0.409. The van der Waals surface area contributed by atoms with Crippen LogP contribution >= 0.6 is 11.3 Å². The van der Waals surface area contributed by atoms with Crippen LogP contribution in [0.25, 0.3) is 0 Å². The van der Waals surface area contributed by atoms with Gasteiger partial charge in [-0.1, -0.05) is 31.2 Å². The van der Waals surface area contributed by atoms with Crippen LogP contribution in [-0.2, 0) is 25.8 Å². The van der Waals surface area contributed by atoms with Gasteiger partial charge in [0.15, 0.2) is 5.96 Å². The average molecular weight is 427 g/mol. The van der Waals surface area contributed by atoms with Gasteiger partial charge in [0.2, 0.25) is 0 Å². The normalized spacial score (nSPS) is 11.5. The summed E-state index contributed by atoms with van der Waals surface area (Å²) >= 11 is 1.77. The Balaban J connectivity index is 1.54. The lowest BCUT2D eigenvalue weighted by atomic mass is 10.1. The Labute approximate surface area is 182 Å². The Morgan fingerprint density at radius 3 is 2.80 bits per heavy atom. The van der Waals surface area contributed by atoms with E-state index in [4.69, 9.17) is 9.73 Å². The number of guanidine groups is 1. The van der Waals surface area contributed by atoms with Gasteiger partial charge in [0.05, 0.1) is 7.11 Å². The Morgan fingerprint density at radius 2 is 2.00 bits per heavy atom. The summed E-state index contributed by atoms with van der Waals surface area (Å²) < 4.78 is 7.52. The largest absolute Gasteiger partial charge is 0.496 e. The van der Waals surface area contributed by atoms with E-state index in [0.29, 0.717) is 0 Å². The summed E-state index contributed by atoms with van der Waals surface area (Å²) in [5.74, 6) is 2.74. The van der Waals surface area contributed by atoms with Gasteiger partial charge < -0.3 is 19.9 Å². The van der Waals surface area contributed by atoms with Gasteiger partial charge in [0.1, 0.15) is 17.9 Å². The maximum atomic E-state index is 5.45. The highest BCUT2D eigenvalue weighted by molar-refractivity contribution is 7.09. The quantitative estimate of drug-likeness (QED) is 0.364. The molecule has 30 heavy (non-hydrogen) atoms. The first-order valence-corrected chi connectivity index (χ1v) is 11.2. The number of hydrogen-bond acceptors (Lipinski definition) is 5. The highest BCUT2D eigenvalue weighted by atomic mass is 32.1. The van der Waals surface area contributed by atoms with Gasteiger partial charge in [-0.25, -0.2) is 0 Å². The van der Waals surface area contributed by atoms with E-state index < -0.39 is 0 Å². The average Bonchev–Trinajstić information content (AvgIpc) is 3.45. The molecule has 0 fully saturated rings. The first-order chi connectivity index (χ1) is 14.8. The third-order valence-electron chi connectivity index (χ3n) is 4.74. The Bertz CT molecular complexity index is 906. The molecule has 2 aromatic heterocycles. The fraction of sp³-hybridized carbons (Fsp3) is 0.409. The van der Waals surface area contributed by atoms with Crippen LogP contribution in [-0.4, -0.2) is 47.5 Å². The Kier molecular flexibility index (Phi) is 8.71. The molecule has 0 atom stereocenters. The Morgan fingerprint density at radius 1 is 1.13 bits per heavy atom. The van der Waals surface area contributed by atoms with Crippen molar-refractivity contribution in [1.82, 2.24) is 25.4 Å². The number of thiophene rings is 1. The number of methoxy groups -OCH3 is 1. The minimum atomic E-state index is 0.747. The highest BCUT2D eigenvalue weighted by Gasteiger charge is 2.05. The third kappa shape index (κ3) is 6.59. The van der Waals surface area contributed by atoms with E-state index in [9.17, 15) is 0 Å². The zero-order chi connectivity index (χ0) is 21.0. The van der Waals surface area contributed by atoms with E-state index in [1.165, 1.54) is 10.4 Å². The maximum Gasteiger partial charge on any atom is 0.191 e. The minimum Gasteiger partial charge on any atom is -0.496 e. The second-order valence-corrected chi connectivity index (χ2v) is 7.80. The molecule has 0 saturated heterocycles. The van der Waals surface area contributed by atoms with Crippen molar-refractivity contribution in [2.45, 2.75) is 32.7 Å². The van der Waals surface area contributed by atoms with Gasteiger partial charge in [0.25, 0.3) is 0 Å². The van der Waals surface area contributed by atoms with Gasteiger partial charge in [-0.05, 0) is 29.5 Å².